The molecule has 1 aromatic heterocycles. The number of hydrogen-bond acceptors (Lipinski definition) is 5. The van der Waals surface area contributed by atoms with E-state index < -0.39 is 11.8 Å². The van der Waals surface area contributed by atoms with Gasteiger partial charge in [-0.2, -0.15) is 11.3 Å². The summed E-state index contributed by atoms with van der Waals surface area (Å²) in [4.78, 5) is 26.1. The lowest BCUT2D eigenvalue weighted by atomic mass is 10.1. The molecule has 0 saturated carbocycles. The lowest BCUT2D eigenvalue weighted by Gasteiger charge is -2.23. The van der Waals surface area contributed by atoms with Gasteiger partial charge in [0.05, 0.1) is 18.2 Å². The molecule has 1 atom stereocenters. The first-order valence-corrected chi connectivity index (χ1v) is 8.85. The Bertz CT molecular complexity index is 735. The van der Waals surface area contributed by atoms with Crippen molar-refractivity contribution >= 4 is 40.4 Å². The SMILES string of the molecule is COc1ccc(NC(=O)C(=O)NC[C@@H](c2ccsc2)N(C)C)cc1Cl. The highest BCUT2D eigenvalue weighted by molar-refractivity contribution is 7.08. The average molecular weight is 382 g/mol. The largest absolute Gasteiger partial charge is 0.495 e. The van der Waals surface area contributed by atoms with Gasteiger partial charge in [0.1, 0.15) is 5.75 Å². The topological polar surface area (TPSA) is 70.7 Å². The maximum Gasteiger partial charge on any atom is 0.313 e. The number of nitrogens with zero attached hydrogens (tertiary/aromatic N) is 1. The summed E-state index contributed by atoms with van der Waals surface area (Å²) in [6.07, 6.45) is 0. The second-order valence-electron chi connectivity index (χ2n) is 5.55. The summed E-state index contributed by atoms with van der Waals surface area (Å²) >= 11 is 7.60. The van der Waals surface area contributed by atoms with Crippen LogP contribution in [0.5, 0.6) is 5.75 Å². The molecule has 2 amide bonds. The summed E-state index contributed by atoms with van der Waals surface area (Å²) in [5.41, 5.74) is 1.52. The van der Waals surface area contributed by atoms with Crippen molar-refractivity contribution in [3.05, 3.63) is 45.6 Å². The minimum atomic E-state index is -0.746. The van der Waals surface area contributed by atoms with Gasteiger partial charge in [-0.3, -0.25) is 9.59 Å². The van der Waals surface area contributed by atoms with Gasteiger partial charge >= 0.3 is 11.8 Å². The Morgan fingerprint density at radius 3 is 2.60 bits per heavy atom. The molecule has 0 aliphatic heterocycles. The van der Waals surface area contributed by atoms with Crippen molar-refractivity contribution in [3.63, 3.8) is 0 Å². The van der Waals surface area contributed by atoms with Gasteiger partial charge in [-0.05, 0) is 54.7 Å². The number of methoxy groups -OCH3 is 1. The molecule has 2 aromatic rings. The Kier molecular flexibility index (Phi) is 6.81. The maximum absolute atomic E-state index is 12.1. The smallest absolute Gasteiger partial charge is 0.313 e. The zero-order chi connectivity index (χ0) is 18.4. The number of benzene rings is 1. The first kappa shape index (κ1) is 19.2. The molecule has 1 heterocycles. The first-order valence-electron chi connectivity index (χ1n) is 7.53. The molecule has 0 bridgehead atoms. The molecule has 8 heteroatoms. The van der Waals surface area contributed by atoms with Crippen LogP contribution in [0.2, 0.25) is 5.02 Å². The maximum atomic E-state index is 12.1. The van der Waals surface area contributed by atoms with E-state index in [0.717, 1.165) is 5.56 Å². The molecule has 134 valence electrons. The highest BCUT2D eigenvalue weighted by Crippen LogP contribution is 2.27. The monoisotopic (exact) mass is 381 g/mol. The van der Waals surface area contributed by atoms with Crippen LogP contribution < -0.4 is 15.4 Å². The minimum Gasteiger partial charge on any atom is -0.495 e. The van der Waals surface area contributed by atoms with E-state index in [0.29, 0.717) is 23.0 Å². The average Bonchev–Trinajstić information content (AvgIpc) is 3.09. The van der Waals surface area contributed by atoms with Crippen LogP contribution in [0.4, 0.5) is 5.69 Å². The fourth-order valence-electron chi connectivity index (χ4n) is 2.26. The van der Waals surface area contributed by atoms with Crippen molar-refractivity contribution in [2.24, 2.45) is 0 Å². The Hall–Kier alpha value is -2.09. The summed E-state index contributed by atoms with van der Waals surface area (Å²) in [7, 11) is 5.35. The standard InChI is InChI=1S/C17H20ClN3O3S/c1-21(2)14(11-6-7-25-10-11)9-19-16(22)17(23)20-12-4-5-15(24-3)13(18)8-12/h4-8,10,14H,9H2,1-3H3,(H,19,22)(H,20,23)/t14-/m0/s1. The normalized spacial score (nSPS) is 11.9. The molecule has 0 unspecified atom stereocenters. The van der Waals surface area contributed by atoms with Crippen molar-refractivity contribution in [1.82, 2.24) is 10.2 Å². The quantitative estimate of drug-likeness (QED) is 0.755. The van der Waals surface area contributed by atoms with E-state index in [2.05, 4.69) is 10.6 Å². The number of thiophene rings is 1. The molecular formula is C17H20ClN3O3S. The van der Waals surface area contributed by atoms with Gasteiger partial charge < -0.3 is 20.3 Å². The van der Waals surface area contributed by atoms with Crippen molar-refractivity contribution in [3.8, 4) is 5.75 Å². The van der Waals surface area contributed by atoms with E-state index in [1.165, 1.54) is 13.2 Å². The van der Waals surface area contributed by atoms with E-state index in [1.54, 1.807) is 23.5 Å². The number of carbonyl (C=O) groups excluding carboxylic acids is 2. The van der Waals surface area contributed by atoms with Gasteiger partial charge in [0, 0.05) is 12.2 Å². The van der Waals surface area contributed by atoms with Crippen LogP contribution in [-0.4, -0.2) is 44.5 Å². The third-order valence-electron chi connectivity index (χ3n) is 3.62. The van der Waals surface area contributed by atoms with Crippen LogP contribution in [0.1, 0.15) is 11.6 Å². The van der Waals surface area contributed by atoms with Crippen LogP contribution in [0.15, 0.2) is 35.0 Å². The number of likely N-dealkylation sites (N-methyl/N-ethyl adjacent to an activating group) is 1. The van der Waals surface area contributed by atoms with Crippen molar-refractivity contribution in [2.75, 3.05) is 33.1 Å². The van der Waals surface area contributed by atoms with Crippen LogP contribution >= 0.6 is 22.9 Å². The second-order valence-corrected chi connectivity index (χ2v) is 6.74. The van der Waals surface area contributed by atoms with Gasteiger partial charge in [-0.1, -0.05) is 11.6 Å². The van der Waals surface area contributed by atoms with Crippen molar-refractivity contribution < 1.29 is 14.3 Å². The fourth-order valence-corrected chi connectivity index (χ4v) is 3.23. The number of carbonyl (C=O) groups is 2. The number of rotatable bonds is 6. The zero-order valence-corrected chi connectivity index (χ0v) is 15.8. The lowest BCUT2D eigenvalue weighted by molar-refractivity contribution is -0.136. The number of amides is 2. The number of hydrogen-bond donors (Lipinski definition) is 2. The molecule has 0 aliphatic rings. The molecule has 25 heavy (non-hydrogen) atoms. The Morgan fingerprint density at radius 2 is 2.04 bits per heavy atom. The van der Waals surface area contributed by atoms with E-state index in [4.69, 9.17) is 16.3 Å². The Morgan fingerprint density at radius 1 is 1.28 bits per heavy atom. The van der Waals surface area contributed by atoms with Gasteiger partial charge in [-0.25, -0.2) is 0 Å². The van der Waals surface area contributed by atoms with Crippen molar-refractivity contribution in [2.45, 2.75) is 6.04 Å². The third-order valence-corrected chi connectivity index (χ3v) is 4.62. The van der Waals surface area contributed by atoms with Gasteiger partial charge in [0.25, 0.3) is 0 Å². The summed E-state index contributed by atoms with van der Waals surface area (Å²) in [6.45, 7) is 0.333. The second kappa shape index (κ2) is 8.84. The number of halogens is 1. The van der Waals surface area contributed by atoms with E-state index in [-0.39, 0.29) is 6.04 Å². The number of nitrogens with one attached hydrogen (secondary N) is 2. The number of anilines is 1. The summed E-state index contributed by atoms with van der Waals surface area (Å²) in [5.74, 6) is -0.952. The molecular weight excluding hydrogens is 362 g/mol. The Labute approximate surface area is 155 Å². The molecule has 0 spiro atoms. The molecule has 0 radical (unpaired) electrons. The first-order chi connectivity index (χ1) is 11.9. The summed E-state index contributed by atoms with van der Waals surface area (Å²) in [6, 6.07) is 6.76. The molecule has 2 rings (SSSR count). The van der Waals surface area contributed by atoms with E-state index in [1.807, 2.05) is 35.8 Å². The minimum absolute atomic E-state index is 0.00145. The van der Waals surface area contributed by atoms with Crippen LogP contribution in [0.3, 0.4) is 0 Å². The van der Waals surface area contributed by atoms with Gasteiger partial charge in [-0.15, -0.1) is 0 Å². The third kappa shape index (κ3) is 5.19. The molecule has 1 aromatic carbocycles. The fraction of sp³-hybridized carbons (Fsp3) is 0.294. The van der Waals surface area contributed by atoms with E-state index >= 15 is 0 Å². The molecule has 0 fully saturated rings. The van der Waals surface area contributed by atoms with Gasteiger partial charge in [0.15, 0.2) is 0 Å². The van der Waals surface area contributed by atoms with Crippen LogP contribution in [-0.2, 0) is 9.59 Å². The highest BCUT2D eigenvalue weighted by Gasteiger charge is 2.19. The molecule has 0 saturated heterocycles. The van der Waals surface area contributed by atoms with Crippen LogP contribution in [0, 0.1) is 0 Å². The molecule has 0 aliphatic carbocycles. The number of ether oxygens (including phenoxy) is 1. The van der Waals surface area contributed by atoms with E-state index in [9.17, 15) is 9.59 Å². The summed E-state index contributed by atoms with van der Waals surface area (Å²) < 4.78 is 5.05. The Balaban J connectivity index is 1.93. The highest BCUT2D eigenvalue weighted by atomic mass is 35.5. The van der Waals surface area contributed by atoms with Crippen LogP contribution in [0.25, 0.3) is 0 Å². The predicted octanol–water partition coefficient (Wildman–Crippen LogP) is 2.77. The zero-order valence-electron chi connectivity index (χ0n) is 14.2. The molecule has 6 nitrogen and oxygen atoms in total. The summed E-state index contributed by atoms with van der Waals surface area (Å²) in [5, 5.41) is 9.54. The predicted molar refractivity (Wildman–Crippen MR) is 100 cm³/mol. The van der Waals surface area contributed by atoms with Gasteiger partial charge in [0.2, 0.25) is 0 Å². The van der Waals surface area contributed by atoms with Crippen molar-refractivity contribution in [1.29, 1.82) is 0 Å². The lowest BCUT2D eigenvalue weighted by Crippen LogP contribution is -2.40. The molecule has 2 N–H and O–H groups in total.